The molecule has 0 saturated carbocycles. The predicted molar refractivity (Wildman–Crippen MR) is 22.6 cm³/mol. The Labute approximate surface area is 89.0 Å². The van der Waals surface area contributed by atoms with Gasteiger partial charge in [0.05, 0.1) is 0 Å². The van der Waals surface area contributed by atoms with E-state index >= 15 is 0 Å². The first-order chi connectivity index (χ1) is 2.77. The van der Waals surface area contributed by atoms with Gasteiger partial charge in [0.25, 0.3) is 0 Å². The van der Waals surface area contributed by atoms with Gasteiger partial charge >= 0.3 is 57.4 Å². The van der Waals surface area contributed by atoms with Crippen molar-refractivity contribution in [1.82, 2.24) is 0 Å². The number of carboxylic acid groups (broad SMARTS) is 1. The van der Waals surface area contributed by atoms with Crippen molar-refractivity contribution in [2.75, 3.05) is 0 Å². The number of hydrogen-bond donors (Lipinski definition) is 1. The maximum absolute atomic E-state index is 9.43. The molecule has 0 saturated heterocycles. The van der Waals surface area contributed by atoms with E-state index in [2.05, 4.69) is 0 Å². The monoisotopic (exact) mass is 145 g/mol. The molecule has 0 amide bonds. The van der Waals surface area contributed by atoms with E-state index < -0.39 is 5.97 Å². The van der Waals surface area contributed by atoms with E-state index in [1.165, 1.54) is 0 Å². The van der Waals surface area contributed by atoms with Gasteiger partial charge in [-0.3, -0.25) is 0 Å². The van der Waals surface area contributed by atoms with E-state index in [0.29, 0.717) is 0 Å². The fourth-order valence-electron chi connectivity index (χ4n) is 0.0539. The summed E-state index contributed by atoms with van der Waals surface area (Å²) in [4.78, 5) is 9.43. The molecule has 0 aliphatic heterocycles. The summed E-state index contributed by atoms with van der Waals surface area (Å²) in [5.74, 6) is -1.02. The molecule has 0 unspecified atom stereocenters. The zero-order valence-corrected chi connectivity index (χ0v) is 7.77. The average Bonchev–Trinajstić information content (AvgIpc) is 1.35. The van der Waals surface area contributed by atoms with Gasteiger partial charge in [-0.05, 0) is 0 Å². The van der Waals surface area contributed by atoms with Crippen LogP contribution in [-0.4, -0.2) is 11.1 Å². The predicted octanol–water partition coefficient (Wildman–Crippen LogP) is -2.17. The third-order valence-electron chi connectivity index (χ3n) is 0.206. The van der Waals surface area contributed by atoms with Crippen LogP contribution >= 0.6 is 11.6 Å². The second kappa shape index (κ2) is 7.14. The fraction of sp³-hybridized carbons (Fsp3) is 0. The molecule has 1 N–H and O–H groups in total. The van der Waals surface area contributed by atoms with Crippen molar-refractivity contribution >= 4 is 17.6 Å². The van der Waals surface area contributed by atoms with Gasteiger partial charge in [0.2, 0.25) is 0 Å². The van der Waals surface area contributed by atoms with Crippen LogP contribution in [0, 0.1) is 0 Å². The van der Waals surface area contributed by atoms with Gasteiger partial charge in [-0.2, -0.15) is 0 Å². The molecule has 0 atom stereocenters. The molecule has 0 heterocycles. The summed E-state index contributed by atoms with van der Waals surface area (Å²) in [6.45, 7) is 0. The van der Waals surface area contributed by atoms with Crippen LogP contribution in [0.2, 0.25) is 0 Å². The van der Waals surface area contributed by atoms with Crippen molar-refractivity contribution in [2.24, 2.45) is 0 Å². The standard InChI is InChI=1S/C3H3ClO2.K/c4-2-1-3(5)6;/h1-2H,(H,5,6);/q;+1/b2-1-;. The largest absolute Gasteiger partial charge is 1.00 e. The summed E-state index contributed by atoms with van der Waals surface area (Å²) in [5, 5.41) is 7.74. The molecular formula is C3H3ClKO2+. The second-order valence-corrected chi connectivity index (χ2v) is 0.883. The van der Waals surface area contributed by atoms with Gasteiger partial charge in [-0.15, -0.1) is 0 Å². The molecule has 0 aliphatic rings. The van der Waals surface area contributed by atoms with Gasteiger partial charge in [-0.25, -0.2) is 4.79 Å². The molecule has 7 heavy (non-hydrogen) atoms. The van der Waals surface area contributed by atoms with Gasteiger partial charge in [0.15, 0.2) is 0 Å². The summed E-state index contributed by atoms with van der Waals surface area (Å²) in [6, 6.07) is 0. The zero-order valence-electron chi connectivity index (χ0n) is 3.89. The number of hydrogen-bond acceptors (Lipinski definition) is 1. The minimum atomic E-state index is -1.02. The molecule has 2 nitrogen and oxygen atoms in total. The van der Waals surface area contributed by atoms with E-state index in [4.69, 9.17) is 16.7 Å². The van der Waals surface area contributed by atoms with Crippen LogP contribution < -0.4 is 51.4 Å². The molecule has 34 valence electrons. The van der Waals surface area contributed by atoms with Crippen LogP contribution in [0.3, 0.4) is 0 Å². The van der Waals surface area contributed by atoms with Crippen molar-refractivity contribution in [3.05, 3.63) is 11.6 Å². The molecule has 0 aromatic carbocycles. The van der Waals surface area contributed by atoms with E-state index in [-0.39, 0.29) is 51.4 Å². The first-order valence-electron chi connectivity index (χ1n) is 1.27. The maximum Gasteiger partial charge on any atom is 1.00 e. The van der Waals surface area contributed by atoms with Crippen molar-refractivity contribution in [3.63, 3.8) is 0 Å². The van der Waals surface area contributed by atoms with Crippen LogP contribution in [0.15, 0.2) is 11.6 Å². The number of carboxylic acids is 1. The number of rotatable bonds is 1. The summed E-state index contributed by atoms with van der Waals surface area (Å²) < 4.78 is 0. The average molecular weight is 146 g/mol. The Kier molecular flexibility index (Phi) is 11.2. The van der Waals surface area contributed by atoms with Crippen molar-refractivity contribution < 1.29 is 61.3 Å². The molecule has 4 heteroatoms. The molecule has 0 rings (SSSR count). The Morgan fingerprint density at radius 2 is 2.14 bits per heavy atom. The molecule has 0 spiro atoms. The Hall–Kier alpha value is 1.14. The second-order valence-electron chi connectivity index (χ2n) is 0.631. The van der Waals surface area contributed by atoms with E-state index in [1.54, 1.807) is 0 Å². The molecule has 0 radical (unpaired) electrons. The van der Waals surface area contributed by atoms with Gasteiger partial charge in [-0.1, -0.05) is 11.6 Å². The molecule has 0 aromatic heterocycles. The normalized spacial score (nSPS) is 8.14. The number of aliphatic carboxylic acids is 1. The minimum Gasteiger partial charge on any atom is -0.478 e. The first kappa shape index (κ1) is 11.0. The van der Waals surface area contributed by atoms with Crippen molar-refractivity contribution in [2.45, 2.75) is 0 Å². The van der Waals surface area contributed by atoms with Crippen LogP contribution in [0.4, 0.5) is 0 Å². The quantitative estimate of drug-likeness (QED) is 0.337. The molecule has 0 bridgehead atoms. The smallest absolute Gasteiger partial charge is 0.478 e. The molecule has 0 fully saturated rings. The Bertz CT molecular complexity index is 81.0. The summed E-state index contributed by atoms with van der Waals surface area (Å²) in [6.07, 6.45) is 0.849. The topological polar surface area (TPSA) is 37.3 Å². The van der Waals surface area contributed by atoms with E-state index in [0.717, 1.165) is 11.6 Å². The Balaban J connectivity index is 0. The van der Waals surface area contributed by atoms with Crippen LogP contribution in [0.25, 0.3) is 0 Å². The van der Waals surface area contributed by atoms with E-state index in [1.807, 2.05) is 0 Å². The van der Waals surface area contributed by atoms with Gasteiger partial charge in [0.1, 0.15) is 0 Å². The summed E-state index contributed by atoms with van der Waals surface area (Å²) in [5.41, 5.74) is 0.947. The van der Waals surface area contributed by atoms with Gasteiger partial charge < -0.3 is 5.11 Å². The SMILES string of the molecule is O=C(O)/C=C\Cl.[K+]. The third-order valence-corrected chi connectivity index (χ3v) is 0.332. The first-order valence-corrected chi connectivity index (χ1v) is 1.70. The molecule has 0 aromatic rings. The maximum atomic E-state index is 9.43. The Morgan fingerprint density at radius 1 is 1.71 bits per heavy atom. The molecular weight excluding hydrogens is 143 g/mol. The number of halogens is 1. The Morgan fingerprint density at radius 3 is 2.14 bits per heavy atom. The van der Waals surface area contributed by atoms with E-state index in [9.17, 15) is 4.79 Å². The van der Waals surface area contributed by atoms with Crippen molar-refractivity contribution in [1.29, 1.82) is 0 Å². The fourth-order valence-corrected chi connectivity index (χ4v) is 0.162. The van der Waals surface area contributed by atoms with Crippen LogP contribution in [-0.2, 0) is 4.79 Å². The van der Waals surface area contributed by atoms with Crippen LogP contribution in [0.1, 0.15) is 0 Å². The number of carbonyl (C=O) groups is 1. The molecule has 0 aliphatic carbocycles. The van der Waals surface area contributed by atoms with Gasteiger partial charge in [0, 0.05) is 11.6 Å². The zero-order chi connectivity index (χ0) is 4.99. The third kappa shape index (κ3) is 11.0. The summed E-state index contributed by atoms with van der Waals surface area (Å²) >= 11 is 4.84. The summed E-state index contributed by atoms with van der Waals surface area (Å²) in [7, 11) is 0. The van der Waals surface area contributed by atoms with Crippen molar-refractivity contribution in [3.8, 4) is 0 Å². The minimum absolute atomic E-state index is 0. The van der Waals surface area contributed by atoms with Crippen LogP contribution in [0.5, 0.6) is 0 Å².